The van der Waals surface area contributed by atoms with E-state index >= 15 is 0 Å². The average molecular weight is 640 g/mol. The van der Waals surface area contributed by atoms with Gasteiger partial charge in [-0.2, -0.15) is 0 Å². The molecule has 38 heavy (non-hydrogen) atoms. The Morgan fingerprint density at radius 1 is 1.11 bits per heavy atom. The fourth-order valence-electron chi connectivity index (χ4n) is 3.38. The van der Waals surface area contributed by atoms with E-state index in [0.29, 0.717) is 49.0 Å². The molecule has 3 aromatic rings. The number of nitrogens with zero attached hydrogens (tertiary/aromatic N) is 1. The molecule has 0 spiro atoms. The molecule has 0 aliphatic carbocycles. The van der Waals surface area contributed by atoms with Gasteiger partial charge in [-0.3, -0.25) is 19.3 Å². The lowest BCUT2D eigenvalue weighted by Crippen LogP contribution is -2.36. The van der Waals surface area contributed by atoms with Crippen molar-refractivity contribution in [2.75, 3.05) is 19.0 Å². The molecule has 1 N–H and O–H groups in total. The largest absolute Gasteiger partial charge is 0.493 e. The van der Waals surface area contributed by atoms with Crippen LogP contribution in [0.25, 0.3) is 6.08 Å². The van der Waals surface area contributed by atoms with Gasteiger partial charge in [-0.05, 0) is 71.9 Å². The van der Waals surface area contributed by atoms with Gasteiger partial charge in [-0.15, -0.1) is 0 Å². The first-order valence-corrected chi connectivity index (χ1v) is 13.3. The van der Waals surface area contributed by atoms with Gasteiger partial charge in [-0.25, -0.2) is 4.39 Å². The summed E-state index contributed by atoms with van der Waals surface area (Å²) >= 11 is 16.3. The second-order valence-corrected chi connectivity index (χ2v) is 10.6. The molecule has 0 saturated carbocycles. The summed E-state index contributed by atoms with van der Waals surface area (Å²) < 4.78 is 25.0. The van der Waals surface area contributed by atoms with Gasteiger partial charge in [0.2, 0.25) is 5.91 Å². The van der Waals surface area contributed by atoms with Crippen molar-refractivity contribution in [3.63, 3.8) is 0 Å². The lowest BCUT2D eigenvalue weighted by atomic mass is 10.1. The van der Waals surface area contributed by atoms with Crippen molar-refractivity contribution in [1.82, 2.24) is 4.90 Å². The summed E-state index contributed by atoms with van der Waals surface area (Å²) in [5.74, 6) is -0.842. The van der Waals surface area contributed by atoms with Crippen molar-refractivity contribution in [2.24, 2.45) is 0 Å². The van der Waals surface area contributed by atoms with Crippen LogP contribution in [0.15, 0.2) is 64.0 Å². The van der Waals surface area contributed by atoms with E-state index in [9.17, 15) is 18.8 Å². The third kappa shape index (κ3) is 6.68. The van der Waals surface area contributed by atoms with E-state index < -0.39 is 29.4 Å². The van der Waals surface area contributed by atoms with Crippen molar-refractivity contribution >= 4 is 79.7 Å². The smallest absolute Gasteiger partial charge is 0.294 e. The number of imide groups is 1. The van der Waals surface area contributed by atoms with Gasteiger partial charge < -0.3 is 14.8 Å². The topological polar surface area (TPSA) is 84.9 Å². The van der Waals surface area contributed by atoms with Crippen LogP contribution in [0.5, 0.6) is 11.5 Å². The molecule has 0 radical (unpaired) electrons. The Labute approximate surface area is 240 Å². The van der Waals surface area contributed by atoms with Crippen molar-refractivity contribution in [3.05, 3.63) is 91.0 Å². The quantitative estimate of drug-likeness (QED) is 0.263. The van der Waals surface area contributed by atoms with E-state index in [4.69, 9.17) is 32.7 Å². The number of hydrogen-bond donors (Lipinski definition) is 1. The molecular weight excluding hydrogens is 622 g/mol. The zero-order valence-corrected chi connectivity index (χ0v) is 23.5. The van der Waals surface area contributed by atoms with Crippen LogP contribution in [0.1, 0.15) is 11.1 Å². The molecule has 7 nitrogen and oxygen atoms in total. The predicted octanol–water partition coefficient (Wildman–Crippen LogP) is 7.16. The van der Waals surface area contributed by atoms with Gasteiger partial charge in [0.15, 0.2) is 11.5 Å². The van der Waals surface area contributed by atoms with Crippen LogP contribution in [0.2, 0.25) is 10.0 Å². The molecule has 0 aromatic heterocycles. The SMILES string of the molecule is COc1cc(/C=C2\SC(=O)N(CC(=O)Nc3ccc(F)cc3)C2=O)c(Br)cc1OCc1ccc(Cl)cc1Cl. The summed E-state index contributed by atoms with van der Waals surface area (Å²) in [4.78, 5) is 38.7. The van der Waals surface area contributed by atoms with E-state index in [2.05, 4.69) is 21.2 Å². The predicted molar refractivity (Wildman–Crippen MR) is 149 cm³/mol. The van der Waals surface area contributed by atoms with E-state index in [1.807, 2.05) is 0 Å². The molecule has 3 amide bonds. The molecular formula is C26H18BrCl2FN2O5S. The molecule has 3 aromatic carbocycles. The van der Waals surface area contributed by atoms with Gasteiger partial charge >= 0.3 is 0 Å². The van der Waals surface area contributed by atoms with Gasteiger partial charge in [0.05, 0.1) is 12.0 Å². The summed E-state index contributed by atoms with van der Waals surface area (Å²) in [6, 6.07) is 13.6. The summed E-state index contributed by atoms with van der Waals surface area (Å²) in [5.41, 5.74) is 1.63. The second kappa shape index (κ2) is 12.2. The zero-order chi connectivity index (χ0) is 27.4. The highest BCUT2D eigenvalue weighted by Crippen LogP contribution is 2.38. The Bertz CT molecular complexity index is 1450. The molecule has 1 aliphatic rings. The molecule has 1 fully saturated rings. The van der Waals surface area contributed by atoms with Crippen molar-refractivity contribution < 1.29 is 28.2 Å². The van der Waals surface area contributed by atoms with Crippen LogP contribution in [0.3, 0.4) is 0 Å². The van der Waals surface area contributed by atoms with E-state index in [1.54, 1.807) is 30.3 Å². The number of anilines is 1. The molecule has 0 bridgehead atoms. The van der Waals surface area contributed by atoms with Crippen LogP contribution >= 0.6 is 50.9 Å². The molecule has 1 saturated heterocycles. The van der Waals surface area contributed by atoms with Crippen LogP contribution < -0.4 is 14.8 Å². The molecule has 4 rings (SSSR count). The first-order valence-electron chi connectivity index (χ1n) is 10.9. The lowest BCUT2D eigenvalue weighted by molar-refractivity contribution is -0.127. The second-order valence-electron chi connectivity index (χ2n) is 7.87. The molecule has 12 heteroatoms. The monoisotopic (exact) mass is 638 g/mol. The molecule has 196 valence electrons. The highest BCUT2D eigenvalue weighted by molar-refractivity contribution is 9.10. The van der Waals surface area contributed by atoms with E-state index in [1.165, 1.54) is 37.5 Å². The number of halogens is 4. The van der Waals surface area contributed by atoms with Crippen LogP contribution in [0.4, 0.5) is 14.9 Å². The molecule has 0 unspecified atom stereocenters. The Hall–Kier alpha value is -3.05. The minimum absolute atomic E-state index is 0.133. The normalized spacial score (nSPS) is 14.2. The van der Waals surface area contributed by atoms with Crippen molar-refractivity contribution in [2.45, 2.75) is 6.61 Å². The standard InChI is InChI=1S/C26H18BrCl2FN2O5S/c1-36-21-8-15(19(27)11-22(21)37-13-14-2-3-16(28)10-20(14)29)9-23-25(34)32(26(35)38-23)12-24(33)31-18-6-4-17(30)5-7-18/h2-11H,12-13H2,1H3,(H,31,33)/b23-9-. The summed E-state index contributed by atoms with van der Waals surface area (Å²) in [5, 5.41) is 2.93. The lowest BCUT2D eigenvalue weighted by Gasteiger charge is -2.14. The Kier molecular flexibility index (Phi) is 8.99. The number of benzene rings is 3. The summed E-state index contributed by atoms with van der Waals surface area (Å²) in [6.45, 7) is -0.319. The minimum Gasteiger partial charge on any atom is -0.493 e. The van der Waals surface area contributed by atoms with Crippen molar-refractivity contribution in [3.8, 4) is 11.5 Å². The summed E-state index contributed by atoms with van der Waals surface area (Å²) in [6.07, 6.45) is 1.52. The highest BCUT2D eigenvalue weighted by atomic mass is 79.9. The number of carbonyl (C=O) groups excluding carboxylic acids is 3. The average Bonchev–Trinajstić information content (AvgIpc) is 3.13. The Balaban J connectivity index is 1.47. The minimum atomic E-state index is -0.613. The third-order valence-electron chi connectivity index (χ3n) is 5.27. The third-order valence-corrected chi connectivity index (χ3v) is 7.45. The Morgan fingerprint density at radius 3 is 2.53 bits per heavy atom. The van der Waals surface area contributed by atoms with Gasteiger partial charge in [-0.1, -0.05) is 45.2 Å². The summed E-state index contributed by atoms with van der Waals surface area (Å²) in [7, 11) is 1.47. The van der Waals surface area contributed by atoms with Gasteiger partial charge in [0.1, 0.15) is 19.0 Å². The molecule has 1 aliphatic heterocycles. The number of methoxy groups -OCH3 is 1. The zero-order valence-electron chi connectivity index (χ0n) is 19.6. The van der Waals surface area contributed by atoms with E-state index in [0.717, 1.165) is 10.5 Å². The number of rotatable bonds is 8. The van der Waals surface area contributed by atoms with Crippen LogP contribution in [-0.2, 0) is 16.2 Å². The maximum Gasteiger partial charge on any atom is 0.294 e. The number of thioether (sulfide) groups is 1. The number of hydrogen-bond acceptors (Lipinski definition) is 6. The highest BCUT2D eigenvalue weighted by Gasteiger charge is 2.36. The van der Waals surface area contributed by atoms with Crippen molar-refractivity contribution in [1.29, 1.82) is 0 Å². The number of carbonyl (C=O) groups is 3. The molecule has 1 heterocycles. The first kappa shape index (κ1) is 28.0. The maximum atomic E-state index is 13.1. The number of ether oxygens (including phenoxy) is 2. The van der Waals surface area contributed by atoms with Gasteiger partial charge in [0, 0.05) is 25.8 Å². The maximum absolute atomic E-state index is 13.1. The number of nitrogens with one attached hydrogen (secondary N) is 1. The number of amides is 3. The molecule has 0 atom stereocenters. The van der Waals surface area contributed by atoms with E-state index in [-0.39, 0.29) is 11.5 Å². The Morgan fingerprint density at radius 2 is 1.84 bits per heavy atom. The fourth-order valence-corrected chi connectivity index (χ4v) is 5.11. The van der Waals surface area contributed by atoms with Crippen LogP contribution in [0, 0.1) is 5.82 Å². The fraction of sp³-hybridized carbons (Fsp3) is 0.115. The van der Waals surface area contributed by atoms with Crippen LogP contribution in [-0.4, -0.2) is 35.6 Å². The van der Waals surface area contributed by atoms with Gasteiger partial charge in [0.25, 0.3) is 11.1 Å². The first-order chi connectivity index (χ1) is 18.1.